The first-order valence-corrected chi connectivity index (χ1v) is 5.05. The van der Waals surface area contributed by atoms with Crippen molar-refractivity contribution in [1.82, 2.24) is 5.16 Å². The van der Waals surface area contributed by atoms with Crippen molar-refractivity contribution in [3.8, 4) is 0 Å². The summed E-state index contributed by atoms with van der Waals surface area (Å²) in [7, 11) is 0. The van der Waals surface area contributed by atoms with Crippen molar-refractivity contribution in [2.24, 2.45) is 0 Å². The normalized spacial score (nSPS) is 11.9. The number of hydrogen-bond acceptors (Lipinski definition) is 3. The molecule has 0 unspecified atom stereocenters. The third-order valence-corrected chi connectivity index (χ3v) is 2.43. The molecule has 0 aliphatic carbocycles. The van der Waals surface area contributed by atoms with Crippen LogP contribution in [-0.4, -0.2) is 16.2 Å². The Balaban J connectivity index is 2.34. The van der Waals surface area contributed by atoms with Gasteiger partial charge in [-0.25, -0.2) is 0 Å². The number of carboxylic acids is 1. The van der Waals surface area contributed by atoms with Crippen molar-refractivity contribution in [2.75, 3.05) is 0 Å². The molecule has 0 saturated heterocycles. The lowest BCUT2D eigenvalue weighted by Gasteiger charge is -2.01. The van der Waals surface area contributed by atoms with E-state index >= 15 is 0 Å². The van der Waals surface area contributed by atoms with Gasteiger partial charge in [-0.15, -0.1) is 0 Å². The zero-order valence-electron chi connectivity index (χ0n) is 8.99. The maximum Gasteiger partial charge on any atom is 0.437 e. The molecule has 1 N–H and O–H groups in total. The molecule has 7 heteroatoms. The predicted molar refractivity (Wildman–Crippen MR) is 55.0 cm³/mol. The Kier molecular flexibility index (Phi) is 2.98. The quantitative estimate of drug-likeness (QED) is 0.920. The van der Waals surface area contributed by atoms with E-state index in [1.54, 1.807) is 0 Å². The topological polar surface area (TPSA) is 63.3 Å². The van der Waals surface area contributed by atoms with E-state index in [2.05, 4.69) is 9.68 Å². The van der Waals surface area contributed by atoms with Gasteiger partial charge in [-0.2, -0.15) is 13.2 Å². The van der Waals surface area contributed by atoms with Crippen LogP contribution in [0.25, 0.3) is 11.0 Å². The molecule has 0 fully saturated rings. The van der Waals surface area contributed by atoms with Crippen molar-refractivity contribution >= 4 is 16.9 Å². The first-order chi connectivity index (χ1) is 8.38. The molecule has 0 bridgehead atoms. The van der Waals surface area contributed by atoms with Crippen LogP contribution < -0.4 is 0 Å². The van der Waals surface area contributed by atoms with Gasteiger partial charge < -0.3 is 9.63 Å². The minimum Gasteiger partial charge on any atom is -0.481 e. The van der Waals surface area contributed by atoms with Gasteiger partial charge >= 0.3 is 12.1 Å². The van der Waals surface area contributed by atoms with E-state index in [0.717, 1.165) is 0 Å². The molecule has 0 aliphatic heterocycles. The van der Waals surface area contributed by atoms with Gasteiger partial charge in [-0.05, 0) is 24.1 Å². The lowest BCUT2D eigenvalue weighted by molar-refractivity contribution is -0.141. The van der Waals surface area contributed by atoms with E-state index in [0.29, 0.717) is 5.56 Å². The van der Waals surface area contributed by atoms with Crippen molar-refractivity contribution in [3.63, 3.8) is 0 Å². The van der Waals surface area contributed by atoms with E-state index in [-0.39, 0.29) is 23.8 Å². The Hall–Kier alpha value is -2.05. The molecule has 96 valence electrons. The number of nitrogens with zero attached hydrogens (tertiary/aromatic N) is 1. The monoisotopic (exact) mass is 259 g/mol. The highest BCUT2D eigenvalue weighted by molar-refractivity contribution is 5.80. The number of aryl methyl sites for hydroxylation is 1. The first kappa shape index (κ1) is 12.4. The number of carboxylic acid groups (broad SMARTS) is 1. The van der Waals surface area contributed by atoms with Crippen LogP contribution in [0.4, 0.5) is 13.2 Å². The molecule has 0 spiro atoms. The summed E-state index contributed by atoms with van der Waals surface area (Å²) in [5.74, 6) is -0.969. The highest BCUT2D eigenvalue weighted by Gasteiger charge is 2.36. The van der Waals surface area contributed by atoms with Crippen LogP contribution in [0.3, 0.4) is 0 Å². The fraction of sp³-hybridized carbons (Fsp3) is 0.273. The number of benzene rings is 1. The van der Waals surface area contributed by atoms with Crippen molar-refractivity contribution < 1.29 is 27.6 Å². The molecular weight excluding hydrogens is 251 g/mol. The van der Waals surface area contributed by atoms with Crippen LogP contribution in [0.5, 0.6) is 0 Å². The number of fused-ring (bicyclic) bond motifs is 1. The molecule has 2 aromatic rings. The molecule has 1 aromatic heterocycles. The zero-order chi connectivity index (χ0) is 13.3. The number of hydrogen-bond donors (Lipinski definition) is 1. The van der Waals surface area contributed by atoms with Gasteiger partial charge in [0.15, 0.2) is 11.3 Å². The molecule has 0 saturated carbocycles. The summed E-state index contributed by atoms with van der Waals surface area (Å²) in [4.78, 5) is 10.4. The third-order valence-electron chi connectivity index (χ3n) is 2.43. The van der Waals surface area contributed by atoms with Gasteiger partial charge in [0.2, 0.25) is 0 Å². The summed E-state index contributed by atoms with van der Waals surface area (Å²) in [5.41, 5.74) is -0.470. The number of halogens is 3. The molecule has 18 heavy (non-hydrogen) atoms. The summed E-state index contributed by atoms with van der Waals surface area (Å²) in [6.07, 6.45) is -4.42. The Morgan fingerprint density at radius 3 is 2.72 bits per heavy atom. The van der Waals surface area contributed by atoms with E-state index in [1.165, 1.54) is 18.2 Å². The van der Waals surface area contributed by atoms with Crippen LogP contribution >= 0.6 is 0 Å². The van der Waals surface area contributed by atoms with Gasteiger partial charge in [0.25, 0.3) is 0 Å². The average Bonchev–Trinajstić information content (AvgIpc) is 2.68. The molecule has 1 aromatic carbocycles. The van der Waals surface area contributed by atoms with Crippen LogP contribution in [-0.2, 0) is 17.4 Å². The molecule has 0 atom stereocenters. The Morgan fingerprint density at radius 1 is 1.39 bits per heavy atom. The Bertz CT molecular complexity index is 589. The fourth-order valence-electron chi connectivity index (χ4n) is 1.59. The second kappa shape index (κ2) is 4.32. The van der Waals surface area contributed by atoms with Crippen LogP contribution in [0.1, 0.15) is 17.7 Å². The van der Waals surface area contributed by atoms with Gasteiger partial charge in [-0.3, -0.25) is 4.79 Å². The van der Waals surface area contributed by atoms with Gasteiger partial charge in [0, 0.05) is 6.42 Å². The Labute approximate surface area is 99.0 Å². The van der Waals surface area contributed by atoms with Crippen LogP contribution in [0.15, 0.2) is 22.7 Å². The summed E-state index contributed by atoms with van der Waals surface area (Å²) in [6.45, 7) is 0. The van der Waals surface area contributed by atoms with E-state index in [9.17, 15) is 18.0 Å². The number of aromatic nitrogens is 1. The average molecular weight is 259 g/mol. The van der Waals surface area contributed by atoms with Crippen molar-refractivity contribution in [1.29, 1.82) is 0 Å². The van der Waals surface area contributed by atoms with Crippen LogP contribution in [0.2, 0.25) is 0 Å². The molecule has 2 rings (SSSR count). The molecule has 1 heterocycles. The fourth-order valence-corrected chi connectivity index (χ4v) is 1.59. The van der Waals surface area contributed by atoms with E-state index in [1.807, 2.05) is 0 Å². The highest BCUT2D eigenvalue weighted by Crippen LogP contribution is 2.34. The second-order valence-corrected chi connectivity index (χ2v) is 3.75. The third kappa shape index (κ3) is 2.44. The van der Waals surface area contributed by atoms with Crippen LogP contribution in [0, 0.1) is 0 Å². The first-order valence-electron chi connectivity index (χ1n) is 5.05. The molecule has 0 aliphatic rings. The SMILES string of the molecule is O=C(O)CCc1ccc2c(C(F)(F)F)noc2c1. The smallest absolute Gasteiger partial charge is 0.437 e. The number of alkyl halides is 3. The summed E-state index contributed by atoms with van der Waals surface area (Å²) >= 11 is 0. The van der Waals surface area contributed by atoms with Gasteiger partial charge in [0.05, 0.1) is 5.39 Å². The molecular formula is C11H8F3NO3. The summed E-state index contributed by atoms with van der Waals surface area (Å²) in [6, 6.07) is 4.06. The van der Waals surface area contributed by atoms with Crippen molar-refractivity contribution in [2.45, 2.75) is 19.0 Å². The Morgan fingerprint density at radius 2 is 2.11 bits per heavy atom. The summed E-state index contributed by atoms with van der Waals surface area (Å²) in [5, 5.41) is 11.4. The molecule has 4 nitrogen and oxygen atoms in total. The summed E-state index contributed by atoms with van der Waals surface area (Å²) < 4.78 is 42.1. The predicted octanol–water partition coefficient (Wildman–Crippen LogP) is 2.86. The number of rotatable bonds is 3. The standard InChI is InChI=1S/C11H8F3NO3/c12-11(13,14)10-7-3-1-6(2-4-9(16)17)5-8(7)18-15-10/h1,3,5H,2,4H2,(H,16,17). The lowest BCUT2D eigenvalue weighted by Crippen LogP contribution is -2.05. The minimum atomic E-state index is -4.56. The molecule has 0 amide bonds. The largest absolute Gasteiger partial charge is 0.481 e. The highest BCUT2D eigenvalue weighted by atomic mass is 19.4. The van der Waals surface area contributed by atoms with E-state index < -0.39 is 17.8 Å². The maximum absolute atomic E-state index is 12.5. The number of aliphatic carboxylic acids is 1. The van der Waals surface area contributed by atoms with Gasteiger partial charge in [0.1, 0.15) is 0 Å². The van der Waals surface area contributed by atoms with E-state index in [4.69, 9.17) is 5.11 Å². The maximum atomic E-state index is 12.5. The lowest BCUT2D eigenvalue weighted by atomic mass is 10.1. The minimum absolute atomic E-state index is 0.00483. The zero-order valence-corrected chi connectivity index (χ0v) is 8.99. The second-order valence-electron chi connectivity index (χ2n) is 3.75. The van der Waals surface area contributed by atoms with Gasteiger partial charge in [-0.1, -0.05) is 11.2 Å². The molecule has 0 radical (unpaired) electrons. The van der Waals surface area contributed by atoms with Crippen molar-refractivity contribution in [3.05, 3.63) is 29.5 Å². The number of carbonyl (C=O) groups is 1.